The molecule has 0 rings (SSSR count). The summed E-state index contributed by atoms with van der Waals surface area (Å²) in [5.41, 5.74) is 5.30. The summed E-state index contributed by atoms with van der Waals surface area (Å²) in [6, 6.07) is 0. The highest BCUT2D eigenvalue weighted by Gasteiger charge is 2.06. The van der Waals surface area contributed by atoms with E-state index >= 15 is 0 Å². The number of nitrogens with zero attached hydrogens (tertiary/aromatic N) is 1. The maximum absolute atomic E-state index is 9.95. The molecule has 0 aliphatic heterocycles. The molecule has 0 aliphatic carbocycles. The second-order valence-electron chi connectivity index (χ2n) is 1.63. The Morgan fingerprint density at radius 3 is 2.11 bits per heavy atom. The smallest absolute Gasteiger partial charge is 0.217 e. The van der Waals surface area contributed by atoms with E-state index in [1.807, 2.05) is 0 Å². The standard InChI is InChI=1S/C5H10N2O2/c1-2-5(6)7(3-8)4-9/h3-5H,2,6H2,1H3. The average Bonchev–Trinajstić information content (AvgIpc) is 1.90. The van der Waals surface area contributed by atoms with Crippen LogP contribution in [-0.4, -0.2) is 23.9 Å². The van der Waals surface area contributed by atoms with Gasteiger partial charge >= 0.3 is 0 Å². The fraction of sp³-hybridized carbons (Fsp3) is 0.600. The van der Waals surface area contributed by atoms with Crippen molar-refractivity contribution in [1.82, 2.24) is 4.90 Å². The molecule has 0 aromatic carbocycles. The van der Waals surface area contributed by atoms with E-state index in [0.29, 0.717) is 19.2 Å². The zero-order valence-electron chi connectivity index (χ0n) is 5.28. The molecule has 1 atom stereocenters. The summed E-state index contributed by atoms with van der Waals surface area (Å²) in [6.45, 7) is 1.80. The third-order valence-electron chi connectivity index (χ3n) is 1.04. The molecule has 2 N–H and O–H groups in total. The Balaban J connectivity index is 3.77. The van der Waals surface area contributed by atoms with Gasteiger partial charge in [0.15, 0.2) is 0 Å². The molecule has 0 saturated heterocycles. The lowest BCUT2D eigenvalue weighted by Crippen LogP contribution is -2.39. The van der Waals surface area contributed by atoms with Crippen molar-refractivity contribution in [2.45, 2.75) is 19.5 Å². The summed E-state index contributed by atoms with van der Waals surface area (Å²) < 4.78 is 0. The summed E-state index contributed by atoms with van der Waals surface area (Å²) in [4.78, 5) is 20.8. The molecule has 2 amide bonds. The molecule has 0 fully saturated rings. The van der Waals surface area contributed by atoms with E-state index in [0.717, 1.165) is 4.90 Å². The van der Waals surface area contributed by atoms with Crippen molar-refractivity contribution in [1.29, 1.82) is 0 Å². The number of hydrogen-bond donors (Lipinski definition) is 1. The first-order chi connectivity index (χ1) is 4.26. The zero-order valence-corrected chi connectivity index (χ0v) is 5.28. The predicted octanol–water partition coefficient (Wildman–Crippen LogP) is -0.704. The van der Waals surface area contributed by atoms with Gasteiger partial charge in [-0.1, -0.05) is 6.92 Å². The largest absolute Gasteiger partial charge is 0.311 e. The molecule has 4 nitrogen and oxygen atoms in total. The van der Waals surface area contributed by atoms with Crippen LogP contribution in [0.4, 0.5) is 0 Å². The Kier molecular flexibility index (Phi) is 3.62. The molecule has 9 heavy (non-hydrogen) atoms. The first kappa shape index (κ1) is 8.10. The van der Waals surface area contributed by atoms with Gasteiger partial charge in [0.1, 0.15) is 0 Å². The number of carbonyl (C=O) groups excluding carboxylic acids is 2. The Hall–Kier alpha value is -0.900. The van der Waals surface area contributed by atoms with Crippen LogP contribution in [0.3, 0.4) is 0 Å². The molecule has 0 radical (unpaired) electrons. The van der Waals surface area contributed by atoms with Crippen LogP contribution in [0.15, 0.2) is 0 Å². The summed E-state index contributed by atoms with van der Waals surface area (Å²) in [7, 11) is 0. The van der Waals surface area contributed by atoms with E-state index in [9.17, 15) is 9.59 Å². The molecule has 0 bridgehead atoms. The molecule has 0 aromatic heterocycles. The summed E-state index contributed by atoms with van der Waals surface area (Å²) in [6.07, 6.45) is 0.944. The Morgan fingerprint density at radius 1 is 1.56 bits per heavy atom. The van der Waals surface area contributed by atoms with E-state index in [-0.39, 0.29) is 0 Å². The minimum absolute atomic E-state index is 0.418. The lowest BCUT2D eigenvalue weighted by Gasteiger charge is -2.15. The zero-order chi connectivity index (χ0) is 7.28. The van der Waals surface area contributed by atoms with Crippen molar-refractivity contribution in [2.24, 2.45) is 5.73 Å². The van der Waals surface area contributed by atoms with Crippen molar-refractivity contribution in [3.8, 4) is 0 Å². The molecule has 4 heteroatoms. The van der Waals surface area contributed by atoms with Crippen molar-refractivity contribution in [3.63, 3.8) is 0 Å². The van der Waals surface area contributed by atoms with Crippen LogP contribution in [0.5, 0.6) is 0 Å². The topological polar surface area (TPSA) is 63.4 Å². The quantitative estimate of drug-likeness (QED) is 0.404. The van der Waals surface area contributed by atoms with Gasteiger partial charge in [-0.25, -0.2) is 0 Å². The minimum atomic E-state index is -0.472. The fourth-order valence-electron chi connectivity index (χ4n) is 0.392. The summed E-state index contributed by atoms with van der Waals surface area (Å²) in [5, 5.41) is 0. The van der Waals surface area contributed by atoms with Crippen LogP contribution in [-0.2, 0) is 9.59 Å². The van der Waals surface area contributed by atoms with E-state index in [4.69, 9.17) is 5.73 Å². The minimum Gasteiger partial charge on any atom is -0.311 e. The summed E-state index contributed by atoms with van der Waals surface area (Å²) in [5.74, 6) is 0. The fourth-order valence-corrected chi connectivity index (χ4v) is 0.392. The maximum atomic E-state index is 9.95. The monoisotopic (exact) mass is 130 g/mol. The molecule has 0 spiro atoms. The highest BCUT2D eigenvalue weighted by molar-refractivity contribution is 5.68. The third-order valence-corrected chi connectivity index (χ3v) is 1.04. The van der Waals surface area contributed by atoms with Crippen LogP contribution < -0.4 is 5.73 Å². The first-order valence-corrected chi connectivity index (χ1v) is 2.69. The van der Waals surface area contributed by atoms with Crippen LogP contribution in [0.1, 0.15) is 13.3 Å². The summed E-state index contributed by atoms with van der Waals surface area (Å²) >= 11 is 0. The van der Waals surface area contributed by atoms with Gasteiger partial charge < -0.3 is 5.73 Å². The van der Waals surface area contributed by atoms with Crippen molar-refractivity contribution in [3.05, 3.63) is 0 Å². The van der Waals surface area contributed by atoms with Gasteiger partial charge in [0, 0.05) is 0 Å². The number of nitrogens with two attached hydrogens (primary N) is 1. The Bertz CT molecular complexity index is 97.1. The van der Waals surface area contributed by atoms with Crippen LogP contribution in [0.2, 0.25) is 0 Å². The van der Waals surface area contributed by atoms with Crippen LogP contribution in [0, 0.1) is 0 Å². The molecule has 52 valence electrons. The Labute approximate surface area is 53.6 Å². The van der Waals surface area contributed by atoms with Gasteiger partial charge in [0.2, 0.25) is 12.8 Å². The number of amides is 2. The van der Waals surface area contributed by atoms with Gasteiger partial charge in [-0.05, 0) is 6.42 Å². The highest BCUT2D eigenvalue weighted by Crippen LogP contribution is 1.88. The third kappa shape index (κ3) is 2.23. The molecular formula is C5H10N2O2. The van der Waals surface area contributed by atoms with Crippen LogP contribution >= 0.6 is 0 Å². The average molecular weight is 130 g/mol. The Morgan fingerprint density at radius 2 is 2.00 bits per heavy atom. The van der Waals surface area contributed by atoms with Gasteiger partial charge in [-0.2, -0.15) is 0 Å². The number of imide groups is 1. The van der Waals surface area contributed by atoms with E-state index in [1.165, 1.54) is 0 Å². The van der Waals surface area contributed by atoms with Gasteiger partial charge in [0.05, 0.1) is 6.17 Å². The number of hydrogen-bond acceptors (Lipinski definition) is 3. The first-order valence-electron chi connectivity index (χ1n) is 2.69. The van der Waals surface area contributed by atoms with Crippen LogP contribution in [0.25, 0.3) is 0 Å². The van der Waals surface area contributed by atoms with E-state index < -0.39 is 6.17 Å². The second kappa shape index (κ2) is 4.03. The SMILES string of the molecule is CCC(N)N(C=O)C=O. The second-order valence-corrected chi connectivity index (χ2v) is 1.63. The molecule has 0 aliphatic rings. The predicted molar refractivity (Wildman–Crippen MR) is 32.2 cm³/mol. The highest BCUT2D eigenvalue weighted by atomic mass is 16.2. The lowest BCUT2D eigenvalue weighted by atomic mass is 10.4. The molecule has 0 heterocycles. The maximum Gasteiger partial charge on any atom is 0.217 e. The van der Waals surface area contributed by atoms with E-state index in [1.54, 1.807) is 6.92 Å². The van der Waals surface area contributed by atoms with Crippen molar-refractivity contribution in [2.75, 3.05) is 0 Å². The lowest BCUT2D eigenvalue weighted by molar-refractivity contribution is -0.131. The van der Waals surface area contributed by atoms with Gasteiger partial charge in [-0.3, -0.25) is 14.5 Å². The number of carbonyl (C=O) groups is 2. The van der Waals surface area contributed by atoms with Gasteiger partial charge in [0.25, 0.3) is 0 Å². The molecular weight excluding hydrogens is 120 g/mol. The number of rotatable bonds is 4. The van der Waals surface area contributed by atoms with E-state index in [2.05, 4.69) is 0 Å². The normalized spacial score (nSPS) is 12.2. The molecule has 1 unspecified atom stereocenters. The van der Waals surface area contributed by atoms with Gasteiger partial charge in [-0.15, -0.1) is 0 Å². The van der Waals surface area contributed by atoms with Crippen molar-refractivity contribution >= 4 is 12.8 Å². The van der Waals surface area contributed by atoms with Crippen molar-refractivity contribution < 1.29 is 9.59 Å². The molecule has 0 saturated carbocycles. The molecule has 0 aromatic rings.